The molecule has 1 saturated heterocycles. The van der Waals surface area contributed by atoms with Crippen LogP contribution in [0, 0.1) is 5.41 Å². The van der Waals surface area contributed by atoms with Gasteiger partial charge in [-0.3, -0.25) is 9.59 Å². The van der Waals surface area contributed by atoms with Crippen molar-refractivity contribution in [2.24, 2.45) is 5.41 Å². The van der Waals surface area contributed by atoms with Crippen LogP contribution in [0.4, 0.5) is 22.0 Å². The number of carboxylic acids is 1. The van der Waals surface area contributed by atoms with E-state index in [-0.39, 0.29) is 4.90 Å². The first-order valence-electron chi connectivity index (χ1n) is 3.99. The zero-order valence-electron chi connectivity index (χ0n) is 7.59. The fraction of sp³-hybridized carbons (Fsp3) is 0.714. The van der Waals surface area contributed by atoms with Crippen LogP contribution in [0.1, 0.15) is 0 Å². The van der Waals surface area contributed by atoms with Gasteiger partial charge in [0.1, 0.15) is 0 Å². The predicted molar refractivity (Wildman–Crippen MR) is 38.7 cm³/mol. The smallest absolute Gasteiger partial charge is 0.471 e. The van der Waals surface area contributed by atoms with E-state index >= 15 is 0 Å². The summed E-state index contributed by atoms with van der Waals surface area (Å²) in [6.07, 6.45) is -8.49. The van der Waals surface area contributed by atoms with Crippen molar-refractivity contribution in [2.75, 3.05) is 13.1 Å². The molecule has 0 aromatic heterocycles. The molecule has 0 aromatic carbocycles. The first-order valence-corrected chi connectivity index (χ1v) is 3.99. The molecule has 1 aliphatic rings. The number of halogens is 5. The van der Waals surface area contributed by atoms with E-state index in [1.54, 1.807) is 0 Å². The number of hydrogen-bond donors (Lipinski definition) is 1. The fourth-order valence-corrected chi connectivity index (χ4v) is 1.32. The standard InChI is InChI=1S/C7H6F5NO3/c8-3(9)6(5(15)16)1-13(2-6)4(14)7(10,11)12/h3H,1-2H2,(H,15,16). The largest absolute Gasteiger partial charge is 0.481 e. The summed E-state index contributed by atoms with van der Waals surface area (Å²) in [5.74, 6) is -4.21. The van der Waals surface area contributed by atoms with Crippen LogP contribution in [0.25, 0.3) is 0 Å². The number of hydrogen-bond acceptors (Lipinski definition) is 2. The van der Waals surface area contributed by atoms with Gasteiger partial charge in [-0.25, -0.2) is 8.78 Å². The van der Waals surface area contributed by atoms with Gasteiger partial charge in [0, 0.05) is 13.1 Å². The lowest BCUT2D eigenvalue weighted by Gasteiger charge is -2.46. The van der Waals surface area contributed by atoms with Crippen LogP contribution in [0.5, 0.6) is 0 Å². The molecule has 1 amide bonds. The average Bonchev–Trinajstić information content (AvgIpc) is 1.98. The molecule has 0 aliphatic carbocycles. The van der Waals surface area contributed by atoms with Crippen molar-refractivity contribution in [1.82, 2.24) is 4.90 Å². The third-order valence-corrected chi connectivity index (χ3v) is 2.32. The molecule has 1 fully saturated rings. The van der Waals surface area contributed by atoms with Crippen LogP contribution in [0.15, 0.2) is 0 Å². The number of likely N-dealkylation sites (tertiary alicyclic amines) is 1. The fourth-order valence-electron chi connectivity index (χ4n) is 1.32. The number of carbonyl (C=O) groups is 2. The third-order valence-electron chi connectivity index (χ3n) is 2.32. The van der Waals surface area contributed by atoms with Crippen molar-refractivity contribution in [3.63, 3.8) is 0 Å². The topological polar surface area (TPSA) is 57.6 Å². The van der Waals surface area contributed by atoms with Gasteiger partial charge in [0.2, 0.25) is 0 Å². The van der Waals surface area contributed by atoms with Crippen molar-refractivity contribution >= 4 is 11.9 Å². The third kappa shape index (κ3) is 1.81. The minimum absolute atomic E-state index is 0.0419. The molecule has 0 unspecified atom stereocenters. The highest BCUT2D eigenvalue weighted by Crippen LogP contribution is 2.38. The predicted octanol–water partition coefficient (Wildman–Crippen LogP) is 0.727. The molecule has 92 valence electrons. The lowest BCUT2D eigenvalue weighted by molar-refractivity contribution is -0.209. The van der Waals surface area contributed by atoms with Gasteiger partial charge in [0.05, 0.1) is 0 Å². The first kappa shape index (κ1) is 12.7. The Kier molecular flexibility index (Phi) is 2.82. The summed E-state index contributed by atoms with van der Waals surface area (Å²) >= 11 is 0. The van der Waals surface area contributed by atoms with E-state index in [2.05, 4.69) is 0 Å². The van der Waals surface area contributed by atoms with Crippen LogP contribution >= 0.6 is 0 Å². The maximum absolute atomic E-state index is 12.3. The second-order valence-electron chi connectivity index (χ2n) is 3.42. The number of aliphatic carboxylic acids is 1. The van der Waals surface area contributed by atoms with Gasteiger partial charge < -0.3 is 10.0 Å². The van der Waals surface area contributed by atoms with Gasteiger partial charge in [-0.1, -0.05) is 0 Å². The number of alkyl halides is 5. The summed E-state index contributed by atoms with van der Waals surface area (Å²) in [6.45, 7) is -2.25. The van der Waals surface area contributed by atoms with Crippen LogP contribution < -0.4 is 0 Å². The highest BCUT2D eigenvalue weighted by atomic mass is 19.4. The molecule has 0 spiro atoms. The summed E-state index contributed by atoms with van der Waals surface area (Å²) in [7, 11) is 0. The molecule has 0 saturated carbocycles. The normalized spacial score (nSPS) is 19.5. The van der Waals surface area contributed by atoms with Crippen molar-refractivity contribution in [3.8, 4) is 0 Å². The molecule has 0 atom stereocenters. The lowest BCUT2D eigenvalue weighted by atomic mass is 9.80. The summed E-state index contributed by atoms with van der Waals surface area (Å²) in [4.78, 5) is 21.0. The Labute approximate surface area is 85.6 Å². The van der Waals surface area contributed by atoms with E-state index in [9.17, 15) is 31.5 Å². The molecule has 1 heterocycles. The second-order valence-corrected chi connectivity index (χ2v) is 3.42. The van der Waals surface area contributed by atoms with Gasteiger partial charge >= 0.3 is 18.1 Å². The maximum Gasteiger partial charge on any atom is 0.471 e. The summed E-state index contributed by atoms with van der Waals surface area (Å²) in [5, 5.41) is 8.46. The van der Waals surface area contributed by atoms with Crippen LogP contribution in [0.2, 0.25) is 0 Å². The highest BCUT2D eigenvalue weighted by Gasteiger charge is 2.61. The van der Waals surface area contributed by atoms with Gasteiger partial charge in [0.15, 0.2) is 5.41 Å². The highest BCUT2D eigenvalue weighted by molar-refractivity contribution is 5.86. The van der Waals surface area contributed by atoms with Gasteiger partial charge in [-0.15, -0.1) is 0 Å². The SMILES string of the molecule is O=C(N1CC(C(=O)O)(C(F)F)C1)C(F)(F)F. The van der Waals surface area contributed by atoms with E-state index in [4.69, 9.17) is 5.11 Å². The summed E-state index contributed by atoms with van der Waals surface area (Å²) in [6, 6.07) is 0. The minimum Gasteiger partial charge on any atom is -0.481 e. The summed E-state index contributed by atoms with van der Waals surface area (Å²) in [5.41, 5.74) is -2.57. The van der Waals surface area contributed by atoms with E-state index in [1.807, 2.05) is 0 Å². The van der Waals surface area contributed by atoms with Crippen LogP contribution in [-0.2, 0) is 9.59 Å². The molecule has 1 N–H and O–H groups in total. The van der Waals surface area contributed by atoms with Gasteiger partial charge in [-0.2, -0.15) is 13.2 Å². The Morgan fingerprint density at radius 1 is 1.25 bits per heavy atom. The van der Waals surface area contributed by atoms with Crippen LogP contribution in [-0.4, -0.2) is 47.6 Å². The minimum atomic E-state index is -5.17. The molecule has 0 bridgehead atoms. The Morgan fingerprint density at radius 2 is 1.69 bits per heavy atom. The molecular formula is C7H6F5NO3. The van der Waals surface area contributed by atoms with E-state index in [1.165, 1.54) is 0 Å². The molecule has 4 nitrogen and oxygen atoms in total. The molecule has 1 aliphatic heterocycles. The molecule has 16 heavy (non-hydrogen) atoms. The lowest BCUT2D eigenvalue weighted by Crippen LogP contribution is -2.67. The second kappa shape index (κ2) is 3.56. The average molecular weight is 247 g/mol. The molecular weight excluding hydrogens is 241 g/mol. The van der Waals surface area contributed by atoms with Gasteiger partial charge in [0.25, 0.3) is 6.43 Å². The van der Waals surface area contributed by atoms with E-state index in [0.29, 0.717) is 0 Å². The number of nitrogens with zero attached hydrogens (tertiary/aromatic N) is 1. The molecule has 0 aromatic rings. The summed E-state index contributed by atoms with van der Waals surface area (Å²) < 4.78 is 60.2. The number of carboxylic acid groups (broad SMARTS) is 1. The number of carbonyl (C=O) groups excluding carboxylic acids is 1. The Bertz CT molecular complexity index is 320. The van der Waals surface area contributed by atoms with E-state index < -0.39 is 43.0 Å². The number of rotatable bonds is 2. The van der Waals surface area contributed by atoms with Crippen molar-refractivity contribution in [2.45, 2.75) is 12.6 Å². The van der Waals surface area contributed by atoms with Crippen LogP contribution in [0.3, 0.4) is 0 Å². The Hall–Kier alpha value is -1.41. The molecule has 1 rings (SSSR count). The van der Waals surface area contributed by atoms with Crippen molar-refractivity contribution in [3.05, 3.63) is 0 Å². The van der Waals surface area contributed by atoms with E-state index in [0.717, 1.165) is 0 Å². The molecule has 0 radical (unpaired) electrons. The maximum atomic E-state index is 12.3. The molecule has 9 heteroatoms. The zero-order chi connectivity index (χ0) is 12.7. The van der Waals surface area contributed by atoms with Crippen molar-refractivity contribution in [1.29, 1.82) is 0 Å². The zero-order valence-corrected chi connectivity index (χ0v) is 7.59. The Morgan fingerprint density at radius 3 is 1.94 bits per heavy atom. The van der Waals surface area contributed by atoms with Crippen molar-refractivity contribution < 1.29 is 36.6 Å². The first-order chi connectivity index (χ1) is 7.11. The quantitative estimate of drug-likeness (QED) is 0.732. The Balaban J connectivity index is 2.73. The monoisotopic (exact) mass is 247 g/mol. The number of amides is 1. The van der Waals surface area contributed by atoms with Gasteiger partial charge in [-0.05, 0) is 0 Å².